The highest BCUT2D eigenvalue weighted by Crippen LogP contribution is 2.17. The minimum absolute atomic E-state index is 0.130. The number of rotatable bonds is 9. The van der Waals surface area contributed by atoms with Crippen molar-refractivity contribution >= 4 is 11.9 Å². The van der Waals surface area contributed by atoms with Gasteiger partial charge in [0.2, 0.25) is 5.91 Å². The quantitative estimate of drug-likeness (QED) is 0.686. The Bertz CT molecular complexity index is 325. The summed E-state index contributed by atoms with van der Waals surface area (Å²) in [5, 5.41) is 11.8. The zero-order valence-electron chi connectivity index (χ0n) is 13.4. The molecule has 5 heteroatoms. The van der Waals surface area contributed by atoms with Gasteiger partial charge in [0.1, 0.15) is 0 Å². The third-order valence-corrected chi connectivity index (χ3v) is 4.16. The van der Waals surface area contributed by atoms with E-state index in [0.717, 1.165) is 19.4 Å². The molecule has 0 saturated heterocycles. The Labute approximate surface area is 128 Å². The average Bonchev–Trinajstić information content (AvgIpc) is 2.43. The predicted molar refractivity (Wildman–Crippen MR) is 83.2 cm³/mol. The van der Waals surface area contributed by atoms with Gasteiger partial charge in [-0.25, -0.2) is 0 Å². The lowest BCUT2D eigenvalue weighted by atomic mass is 9.95. The van der Waals surface area contributed by atoms with Gasteiger partial charge < -0.3 is 15.3 Å². The maximum Gasteiger partial charge on any atom is 0.303 e. The van der Waals surface area contributed by atoms with Crippen LogP contribution in [0.4, 0.5) is 0 Å². The fourth-order valence-electron chi connectivity index (χ4n) is 2.85. The van der Waals surface area contributed by atoms with Gasteiger partial charge >= 0.3 is 5.97 Å². The summed E-state index contributed by atoms with van der Waals surface area (Å²) in [4.78, 5) is 24.7. The van der Waals surface area contributed by atoms with Gasteiger partial charge in [-0.05, 0) is 39.7 Å². The van der Waals surface area contributed by atoms with Crippen molar-refractivity contribution in [3.8, 4) is 0 Å². The summed E-state index contributed by atoms with van der Waals surface area (Å²) in [6.45, 7) is 5.61. The zero-order chi connectivity index (χ0) is 15.7. The molecular weight excluding hydrogens is 268 g/mol. The maximum absolute atomic E-state index is 12.0. The molecule has 0 heterocycles. The number of nitrogens with zero attached hydrogens (tertiary/aromatic N) is 1. The van der Waals surface area contributed by atoms with Crippen LogP contribution in [0.1, 0.15) is 65.2 Å². The van der Waals surface area contributed by atoms with Gasteiger partial charge in [0.15, 0.2) is 0 Å². The fraction of sp³-hybridized carbons (Fsp3) is 0.875. The molecule has 122 valence electrons. The molecule has 0 spiro atoms. The Morgan fingerprint density at radius 2 is 1.81 bits per heavy atom. The van der Waals surface area contributed by atoms with Gasteiger partial charge in [0, 0.05) is 31.5 Å². The van der Waals surface area contributed by atoms with Crippen molar-refractivity contribution in [2.24, 2.45) is 0 Å². The second-order valence-electron chi connectivity index (χ2n) is 6.28. The number of amides is 1. The van der Waals surface area contributed by atoms with E-state index in [4.69, 9.17) is 5.11 Å². The van der Waals surface area contributed by atoms with Crippen molar-refractivity contribution in [1.29, 1.82) is 0 Å². The van der Waals surface area contributed by atoms with Crippen LogP contribution in [-0.2, 0) is 9.59 Å². The molecule has 1 fully saturated rings. The van der Waals surface area contributed by atoms with E-state index in [1.807, 2.05) is 0 Å². The molecule has 0 unspecified atom stereocenters. The van der Waals surface area contributed by atoms with Crippen LogP contribution in [0, 0.1) is 0 Å². The van der Waals surface area contributed by atoms with Gasteiger partial charge in [-0.15, -0.1) is 0 Å². The number of hydrogen-bond acceptors (Lipinski definition) is 3. The van der Waals surface area contributed by atoms with Gasteiger partial charge in [0.25, 0.3) is 0 Å². The molecule has 1 rings (SSSR count). The van der Waals surface area contributed by atoms with E-state index in [9.17, 15) is 9.59 Å². The Morgan fingerprint density at radius 3 is 2.38 bits per heavy atom. The second-order valence-corrected chi connectivity index (χ2v) is 6.28. The second kappa shape index (κ2) is 9.77. The molecule has 0 radical (unpaired) electrons. The van der Waals surface area contributed by atoms with E-state index in [1.165, 1.54) is 19.3 Å². The Kier molecular flexibility index (Phi) is 8.35. The molecule has 0 atom stereocenters. The first-order valence-electron chi connectivity index (χ1n) is 8.24. The summed E-state index contributed by atoms with van der Waals surface area (Å²) in [7, 11) is 0. The lowest BCUT2D eigenvalue weighted by Gasteiger charge is -2.27. The first-order chi connectivity index (χ1) is 9.99. The monoisotopic (exact) mass is 298 g/mol. The minimum atomic E-state index is -0.756. The number of carbonyl (C=O) groups is 2. The molecule has 5 nitrogen and oxygen atoms in total. The standard InChI is InChI=1S/C16H30N2O3/c1-13(2)18(11-6-9-16(20)21)12-10-15(19)17-14-7-4-3-5-8-14/h13-14H,3-12H2,1-2H3,(H,17,19)(H,20,21). The van der Waals surface area contributed by atoms with Gasteiger partial charge in [-0.2, -0.15) is 0 Å². The molecule has 0 aromatic carbocycles. The molecule has 0 bridgehead atoms. The number of carbonyl (C=O) groups excluding carboxylic acids is 1. The van der Waals surface area contributed by atoms with Gasteiger partial charge in [-0.1, -0.05) is 19.3 Å². The third-order valence-electron chi connectivity index (χ3n) is 4.16. The van der Waals surface area contributed by atoms with Crippen molar-refractivity contribution in [3.63, 3.8) is 0 Å². The normalized spacial score (nSPS) is 16.4. The molecule has 1 amide bonds. The molecule has 0 aliphatic heterocycles. The maximum atomic E-state index is 12.0. The van der Waals surface area contributed by atoms with E-state index in [1.54, 1.807) is 0 Å². The van der Waals surface area contributed by atoms with Gasteiger partial charge in [0.05, 0.1) is 0 Å². The SMILES string of the molecule is CC(C)N(CCCC(=O)O)CCC(=O)NC1CCCCC1. The zero-order valence-corrected chi connectivity index (χ0v) is 13.4. The van der Waals surface area contributed by atoms with Crippen molar-refractivity contribution in [3.05, 3.63) is 0 Å². The van der Waals surface area contributed by atoms with Crippen LogP contribution in [-0.4, -0.2) is 47.1 Å². The largest absolute Gasteiger partial charge is 0.481 e. The average molecular weight is 298 g/mol. The number of nitrogens with one attached hydrogen (secondary N) is 1. The molecule has 21 heavy (non-hydrogen) atoms. The topological polar surface area (TPSA) is 69.6 Å². The van der Waals surface area contributed by atoms with Crippen LogP contribution in [0.2, 0.25) is 0 Å². The van der Waals surface area contributed by atoms with E-state index in [0.29, 0.717) is 31.5 Å². The van der Waals surface area contributed by atoms with Crippen LogP contribution in [0.25, 0.3) is 0 Å². The molecule has 2 N–H and O–H groups in total. The molecule has 0 aromatic rings. The van der Waals surface area contributed by atoms with E-state index in [2.05, 4.69) is 24.1 Å². The molecule has 0 aromatic heterocycles. The molecule has 1 aliphatic rings. The highest BCUT2D eigenvalue weighted by atomic mass is 16.4. The first-order valence-corrected chi connectivity index (χ1v) is 8.24. The van der Waals surface area contributed by atoms with Crippen molar-refractivity contribution < 1.29 is 14.7 Å². The Hall–Kier alpha value is -1.10. The van der Waals surface area contributed by atoms with Gasteiger partial charge in [-0.3, -0.25) is 9.59 Å². The highest BCUT2D eigenvalue weighted by molar-refractivity contribution is 5.76. The van der Waals surface area contributed by atoms with E-state index >= 15 is 0 Å². The first kappa shape index (κ1) is 18.0. The summed E-state index contributed by atoms with van der Waals surface area (Å²) in [6.07, 6.45) is 7.28. The van der Waals surface area contributed by atoms with E-state index in [-0.39, 0.29) is 12.3 Å². The van der Waals surface area contributed by atoms with Crippen LogP contribution in [0.3, 0.4) is 0 Å². The highest BCUT2D eigenvalue weighted by Gasteiger charge is 2.17. The summed E-state index contributed by atoms with van der Waals surface area (Å²) in [6, 6.07) is 0.701. The molecule has 1 aliphatic carbocycles. The summed E-state index contributed by atoms with van der Waals surface area (Å²) >= 11 is 0. The van der Waals surface area contributed by atoms with Crippen molar-refractivity contribution in [1.82, 2.24) is 10.2 Å². The van der Waals surface area contributed by atoms with Crippen LogP contribution >= 0.6 is 0 Å². The van der Waals surface area contributed by atoms with Crippen molar-refractivity contribution in [2.75, 3.05) is 13.1 Å². The number of carboxylic acid groups (broad SMARTS) is 1. The Morgan fingerprint density at radius 1 is 1.14 bits per heavy atom. The van der Waals surface area contributed by atoms with E-state index < -0.39 is 5.97 Å². The summed E-state index contributed by atoms with van der Waals surface area (Å²) in [5.74, 6) is -0.625. The summed E-state index contributed by atoms with van der Waals surface area (Å²) < 4.78 is 0. The fourth-order valence-corrected chi connectivity index (χ4v) is 2.85. The summed E-state index contributed by atoms with van der Waals surface area (Å²) in [5.41, 5.74) is 0. The predicted octanol–water partition coefficient (Wildman–Crippen LogP) is 2.40. The van der Waals surface area contributed by atoms with Crippen LogP contribution < -0.4 is 5.32 Å². The van der Waals surface area contributed by atoms with Crippen molar-refractivity contribution in [2.45, 2.75) is 77.3 Å². The lowest BCUT2D eigenvalue weighted by Crippen LogP contribution is -2.40. The number of aliphatic carboxylic acids is 1. The lowest BCUT2D eigenvalue weighted by molar-refractivity contribution is -0.137. The third kappa shape index (κ3) is 8.05. The smallest absolute Gasteiger partial charge is 0.303 e. The number of hydrogen-bond donors (Lipinski definition) is 2. The van der Waals surface area contributed by atoms with Crippen LogP contribution in [0.5, 0.6) is 0 Å². The molecule has 1 saturated carbocycles. The minimum Gasteiger partial charge on any atom is -0.481 e. The van der Waals surface area contributed by atoms with Crippen LogP contribution in [0.15, 0.2) is 0 Å². The Balaban J connectivity index is 2.24. The molecular formula is C16H30N2O3. The number of carboxylic acids is 1.